The van der Waals surface area contributed by atoms with E-state index in [1.165, 1.54) is 0 Å². The second-order valence-corrected chi connectivity index (χ2v) is 6.86. The molecule has 0 aliphatic rings. The molecule has 0 saturated heterocycles. The molecule has 1 unspecified atom stereocenters. The lowest BCUT2D eigenvalue weighted by Crippen LogP contribution is -3.08. The fourth-order valence-electron chi connectivity index (χ4n) is 2.47. The number of amides is 1. The number of carbonyl (C=O) groups is 1. The van der Waals surface area contributed by atoms with Crippen LogP contribution in [-0.4, -0.2) is 24.5 Å². The molecule has 0 saturated carbocycles. The summed E-state index contributed by atoms with van der Waals surface area (Å²) in [6, 6.07) is 14.4. The lowest BCUT2D eigenvalue weighted by atomic mass is 10.2. The summed E-state index contributed by atoms with van der Waals surface area (Å²) in [5.74, 6) is 1.16. The van der Waals surface area contributed by atoms with Gasteiger partial charge in [0.15, 0.2) is 18.8 Å². The van der Waals surface area contributed by atoms with Crippen molar-refractivity contribution in [2.75, 3.05) is 18.9 Å². The molecule has 5 nitrogen and oxygen atoms in total. The molecule has 0 bridgehead atoms. The molecule has 0 fully saturated rings. The number of anilines is 1. The van der Waals surface area contributed by atoms with E-state index in [-0.39, 0.29) is 5.91 Å². The van der Waals surface area contributed by atoms with Gasteiger partial charge in [-0.1, -0.05) is 23.2 Å². The Bertz CT molecular complexity index is 877. The summed E-state index contributed by atoms with van der Waals surface area (Å²) < 4.78 is 5.77. The average Bonchev–Trinajstić information content (AvgIpc) is 3.05. The van der Waals surface area contributed by atoms with Gasteiger partial charge in [0.05, 0.1) is 13.2 Å². The number of rotatable bonds is 6. The minimum absolute atomic E-state index is 0.0886. The number of benzene rings is 2. The van der Waals surface area contributed by atoms with Gasteiger partial charge in [0.2, 0.25) is 0 Å². The minimum Gasteiger partial charge on any atom is -0.435 e. The fourth-order valence-corrected chi connectivity index (χ4v) is 2.72. The first-order chi connectivity index (χ1) is 12.5. The van der Waals surface area contributed by atoms with Gasteiger partial charge >= 0.3 is 0 Å². The Morgan fingerprint density at radius 2 is 1.69 bits per heavy atom. The first-order valence-corrected chi connectivity index (χ1v) is 8.82. The minimum atomic E-state index is -0.0886. The number of aromatic nitrogens is 1. The maximum absolute atomic E-state index is 12.1. The monoisotopic (exact) mass is 390 g/mol. The van der Waals surface area contributed by atoms with Crippen LogP contribution in [0.15, 0.2) is 59.1 Å². The molecule has 1 aromatic heterocycles. The number of carbonyl (C=O) groups excluding carboxylic acids is 1. The number of hydrogen-bond acceptors (Lipinski definition) is 3. The highest BCUT2D eigenvalue weighted by molar-refractivity contribution is 6.30. The summed E-state index contributed by atoms with van der Waals surface area (Å²) in [5, 5.41) is 4.14. The number of halogens is 2. The maximum atomic E-state index is 12.1. The van der Waals surface area contributed by atoms with E-state index in [0.29, 0.717) is 40.5 Å². The van der Waals surface area contributed by atoms with Crippen LogP contribution in [0.5, 0.6) is 0 Å². The largest absolute Gasteiger partial charge is 0.435 e. The predicted octanol–water partition coefficient (Wildman–Crippen LogP) is 3.30. The van der Waals surface area contributed by atoms with Gasteiger partial charge in [-0.15, -0.1) is 0 Å². The van der Waals surface area contributed by atoms with Crippen molar-refractivity contribution in [3.8, 4) is 11.3 Å². The summed E-state index contributed by atoms with van der Waals surface area (Å²) in [6.45, 7) is 0.795. The predicted molar refractivity (Wildman–Crippen MR) is 102 cm³/mol. The standard InChI is InChI=1S/C19H17Cl2N3O2/c1-24(11-18(25)23-16-8-6-15(21)7-9-16)12-19-22-10-17(26-19)13-2-4-14(20)5-3-13/h2-10H,11-12H2,1H3,(H,23,25)/p+1. The molecular formula is C19H18Cl2N3O2+. The van der Waals surface area contributed by atoms with Crippen molar-refractivity contribution in [1.82, 2.24) is 4.98 Å². The van der Waals surface area contributed by atoms with Crippen molar-refractivity contribution in [3.63, 3.8) is 0 Å². The van der Waals surface area contributed by atoms with Gasteiger partial charge in [-0.3, -0.25) is 4.79 Å². The number of nitrogens with zero attached hydrogens (tertiary/aromatic N) is 1. The normalized spacial score (nSPS) is 12.0. The molecule has 26 heavy (non-hydrogen) atoms. The third kappa shape index (κ3) is 5.08. The van der Waals surface area contributed by atoms with Crippen molar-refractivity contribution in [2.24, 2.45) is 0 Å². The molecule has 3 aromatic rings. The molecule has 0 aliphatic carbocycles. The summed E-state index contributed by atoms with van der Waals surface area (Å²) >= 11 is 11.7. The van der Waals surface area contributed by atoms with Crippen LogP contribution in [0, 0.1) is 0 Å². The van der Waals surface area contributed by atoms with Crippen LogP contribution in [0.1, 0.15) is 5.89 Å². The summed E-state index contributed by atoms with van der Waals surface area (Å²) in [5.41, 5.74) is 1.62. The summed E-state index contributed by atoms with van der Waals surface area (Å²) in [7, 11) is 1.91. The molecule has 1 amide bonds. The first kappa shape index (κ1) is 18.5. The van der Waals surface area contributed by atoms with E-state index in [2.05, 4.69) is 10.3 Å². The number of nitrogens with one attached hydrogen (secondary N) is 2. The summed E-state index contributed by atoms with van der Waals surface area (Å²) in [4.78, 5) is 17.4. The van der Waals surface area contributed by atoms with Crippen LogP contribution >= 0.6 is 23.2 Å². The first-order valence-electron chi connectivity index (χ1n) is 8.07. The average molecular weight is 391 g/mol. The van der Waals surface area contributed by atoms with Gasteiger partial charge in [0.25, 0.3) is 11.8 Å². The van der Waals surface area contributed by atoms with E-state index in [9.17, 15) is 4.79 Å². The molecule has 3 rings (SSSR count). The van der Waals surface area contributed by atoms with Crippen LogP contribution in [0.4, 0.5) is 5.69 Å². The van der Waals surface area contributed by atoms with Gasteiger partial charge in [-0.2, -0.15) is 0 Å². The van der Waals surface area contributed by atoms with E-state index < -0.39 is 0 Å². The number of quaternary nitrogens is 1. The second-order valence-electron chi connectivity index (χ2n) is 5.99. The number of hydrogen-bond donors (Lipinski definition) is 2. The van der Waals surface area contributed by atoms with Crippen molar-refractivity contribution in [3.05, 3.63) is 70.7 Å². The molecule has 1 atom stereocenters. The van der Waals surface area contributed by atoms with Crippen molar-refractivity contribution >= 4 is 34.8 Å². The Kier molecular flexibility index (Phi) is 5.93. The topological polar surface area (TPSA) is 59.6 Å². The zero-order chi connectivity index (χ0) is 18.5. The highest BCUT2D eigenvalue weighted by atomic mass is 35.5. The van der Waals surface area contributed by atoms with Gasteiger partial charge in [0, 0.05) is 21.3 Å². The Hall–Kier alpha value is -2.34. The van der Waals surface area contributed by atoms with Crippen LogP contribution in [0.25, 0.3) is 11.3 Å². The van der Waals surface area contributed by atoms with Crippen LogP contribution in [0.3, 0.4) is 0 Å². The Labute approximate surface area is 161 Å². The SMILES string of the molecule is C[NH+](CC(=O)Nc1ccc(Cl)cc1)Cc1ncc(-c2ccc(Cl)cc2)o1. The zero-order valence-electron chi connectivity index (χ0n) is 14.1. The van der Waals surface area contributed by atoms with Crippen molar-refractivity contribution < 1.29 is 14.1 Å². The van der Waals surface area contributed by atoms with Crippen LogP contribution in [0.2, 0.25) is 10.0 Å². The van der Waals surface area contributed by atoms with Crippen molar-refractivity contribution in [1.29, 1.82) is 0 Å². The van der Waals surface area contributed by atoms with Crippen LogP contribution < -0.4 is 10.2 Å². The zero-order valence-corrected chi connectivity index (χ0v) is 15.6. The molecule has 0 radical (unpaired) electrons. The quantitative estimate of drug-likeness (QED) is 0.678. The molecule has 134 valence electrons. The van der Waals surface area contributed by atoms with E-state index >= 15 is 0 Å². The number of likely N-dealkylation sites (N-methyl/N-ethyl adjacent to an activating group) is 1. The molecular weight excluding hydrogens is 373 g/mol. The smallest absolute Gasteiger partial charge is 0.279 e. The van der Waals surface area contributed by atoms with Gasteiger partial charge in [0.1, 0.15) is 0 Å². The molecule has 0 aliphatic heterocycles. The van der Waals surface area contributed by atoms with E-state index in [1.807, 2.05) is 19.2 Å². The Balaban J connectivity index is 1.54. The van der Waals surface area contributed by atoms with Crippen molar-refractivity contribution in [2.45, 2.75) is 6.54 Å². The molecule has 7 heteroatoms. The van der Waals surface area contributed by atoms with Gasteiger partial charge in [-0.25, -0.2) is 4.98 Å². The van der Waals surface area contributed by atoms with Gasteiger partial charge < -0.3 is 14.6 Å². The maximum Gasteiger partial charge on any atom is 0.279 e. The second kappa shape index (κ2) is 8.36. The van der Waals surface area contributed by atoms with E-state index in [4.69, 9.17) is 27.6 Å². The lowest BCUT2D eigenvalue weighted by molar-refractivity contribution is -0.886. The Morgan fingerprint density at radius 1 is 1.08 bits per heavy atom. The molecule has 0 spiro atoms. The van der Waals surface area contributed by atoms with E-state index in [0.717, 1.165) is 10.5 Å². The molecule has 2 N–H and O–H groups in total. The van der Waals surface area contributed by atoms with Gasteiger partial charge in [-0.05, 0) is 48.5 Å². The third-order valence-electron chi connectivity index (χ3n) is 3.73. The highest BCUT2D eigenvalue weighted by Gasteiger charge is 2.15. The van der Waals surface area contributed by atoms with Crippen LogP contribution in [-0.2, 0) is 11.3 Å². The van der Waals surface area contributed by atoms with E-state index in [1.54, 1.807) is 42.6 Å². The molecule has 1 heterocycles. The third-order valence-corrected chi connectivity index (χ3v) is 4.23. The number of oxazole rings is 1. The lowest BCUT2D eigenvalue weighted by Gasteiger charge is -2.12. The summed E-state index contributed by atoms with van der Waals surface area (Å²) in [6.07, 6.45) is 1.68. The molecule has 2 aromatic carbocycles. The Morgan fingerprint density at radius 3 is 2.35 bits per heavy atom. The fraction of sp³-hybridized carbons (Fsp3) is 0.158. The highest BCUT2D eigenvalue weighted by Crippen LogP contribution is 2.22.